The van der Waals surface area contributed by atoms with E-state index in [9.17, 15) is 0 Å². The lowest BCUT2D eigenvalue weighted by Gasteiger charge is -2.33. The van der Waals surface area contributed by atoms with Gasteiger partial charge in [-0.2, -0.15) is 5.10 Å². The van der Waals surface area contributed by atoms with Crippen molar-refractivity contribution < 1.29 is 4.74 Å². The van der Waals surface area contributed by atoms with E-state index < -0.39 is 0 Å². The summed E-state index contributed by atoms with van der Waals surface area (Å²) in [6.07, 6.45) is 6.36. The summed E-state index contributed by atoms with van der Waals surface area (Å²) in [5, 5.41) is 8.08. The molecule has 2 aromatic carbocycles. The van der Waals surface area contributed by atoms with E-state index in [2.05, 4.69) is 76.9 Å². The molecule has 168 valence electrons. The van der Waals surface area contributed by atoms with Crippen molar-refractivity contribution in [3.8, 4) is 5.69 Å². The number of benzene rings is 2. The average molecular weight is 432 g/mol. The highest BCUT2D eigenvalue weighted by atomic mass is 16.5. The molecule has 1 N–H and O–H groups in total. The van der Waals surface area contributed by atoms with E-state index in [4.69, 9.17) is 4.74 Å². The van der Waals surface area contributed by atoms with E-state index in [1.807, 2.05) is 36.1 Å². The van der Waals surface area contributed by atoms with Crippen molar-refractivity contribution in [3.63, 3.8) is 0 Å². The maximum Gasteiger partial charge on any atom is 0.193 e. The number of para-hydroxylation sites is 1. The highest BCUT2D eigenvalue weighted by Gasteiger charge is 2.27. The number of hydrogen-bond donors (Lipinski definition) is 1. The third-order valence-electron chi connectivity index (χ3n) is 6.02. The summed E-state index contributed by atoms with van der Waals surface area (Å²) in [7, 11) is 3.89. The normalized spacial score (nSPS) is 19.0. The third kappa shape index (κ3) is 5.37. The quantitative estimate of drug-likeness (QED) is 0.466. The van der Waals surface area contributed by atoms with Crippen LogP contribution in [-0.2, 0) is 11.3 Å². The molecule has 4 rings (SSSR count). The van der Waals surface area contributed by atoms with E-state index in [0.717, 1.165) is 49.7 Å². The Bertz CT molecular complexity index is 1010. The number of aryl methyl sites for hydroxylation is 1. The molecule has 1 aromatic heterocycles. The summed E-state index contributed by atoms with van der Waals surface area (Å²) in [5.74, 6) is 1.29. The van der Waals surface area contributed by atoms with Gasteiger partial charge in [-0.15, -0.1) is 0 Å². The lowest BCUT2D eigenvalue weighted by atomic mass is 9.89. The molecule has 2 heterocycles. The first kappa shape index (κ1) is 22.1. The Kier molecular flexibility index (Phi) is 7.22. The number of nitrogens with one attached hydrogen (secondary N) is 1. The van der Waals surface area contributed by atoms with Crippen LogP contribution in [0.25, 0.3) is 5.69 Å². The largest absolute Gasteiger partial charge is 0.373 e. The lowest BCUT2D eigenvalue weighted by Crippen LogP contribution is -2.42. The van der Waals surface area contributed by atoms with Gasteiger partial charge in [-0.05, 0) is 37.5 Å². The fourth-order valence-corrected chi connectivity index (χ4v) is 4.30. The molecular weight excluding hydrogens is 398 g/mol. The summed E-state index contributed by atoms with van der Waals surface area (Å²) in [6.45, 7) is 4.51. The molecule has 32 heavy (non-hydrogen) atoms. The number of aliphatic imine (C=N–C) groups is 1. The van der Waals surface area contributed by atoms with Gasteiger partial charge in [0.2, 0.25) is 0 Å². The summed E-state index contributed by atoms with van der Waals surface area (Å²) < 4.78 is 8.09. The Morgan fingerprint density at radius 1 is 1.19 bits per heavy atom. The molecule has 1 saturated heterocycles. The minimum atomic E-state index is 0.129. The van der Waals surface area contributed by atoms with Crippen molar-refractivity contribution in [1.29, 1.82) is 0 Å². The summed E-state index contributed by atoms with van der Waals surface area (Å²) in [5.41, 5.74) is 4.73. The molecule has 0 aliphatic carbocycles. The number of ether oxygens (including phenoxy) is 1. The van der Waals surface area contributed by atoms with Crippen molar-refractivity contribution in [2.75, 3.05) is 27.2 Å². The second-order valence-electron chi connectivity index (χ2n) is 8.52. The molecule has 1 fully saturated rings. The van der Waals surface area contributed by atoms with Crippen LogP contribution < -0.4 is 5.32 Å². The van der Waals surface area contributed by atoms with Crippen LogP contribution in [0.4, 0.5) is 0 Å². The molecule has 6 nitrogen and oxygen atoms in total. The summed E-state index contributed by atoms with van der Waals surface area (Å²) >= 11 is 0. The van der Waals surface area contributed by atoms with E-state index in [1.165, 1.54) is 11.1 Å². The minimum absolute atomic E-state index is 0.129. The fraction of sp³-hybridized carbons (Fsp3) is 0.385. The number of rotatable bonds is 6. The second-order valence-corrected chi connectivity index (χ2v) is 8.52. The summed E-state index contributed by atoms with van der Waals surface area (Å²) in [4.78, 5) is 6.64. The molecule has 1 aliphatic heterocycles. The Balaban J connectivity index is 1.36. The van der Waals surface area contributed by atoms with Crippen molar-refractivity contribution in [1.82, 2.24) is 20.0 Å². The number of hydrogen-bond acceptors (Lipinski definition) is 3. The predicted octanol–water partition coefficient (Wildman–Crippen LogP) is 4.36. The number of guanidine groups is 1. The highest BCUT2D eigenvalue weighted by Crippen LogP contribution is 2.33. The van der Waals surface area contributed by atoms with Crippen LogP contribution >= 0.6 is 0 Å². The average Bonchev–Trinajstić information content (AvgIpc) is 3.29. The molecule has 0 saturated carbocycles. The Morgan fingerprint density at radius 3 is 2.72 bits per heavy atom. The topological polar surface area (TPSA) is 54.7 Å². The van der Waals surface area contributed by atoms with Gasteiger partial charge >= 0.3 is 0 Å². The van der Waals surface area contributed by atoms with Gasteiger partial charge in [0.1, 0.15) is 0 Å². The van der Waals surface area contributed by atoms with Crippen LogP contribution in [0.1, 0.15) is 35.6 Å². The zero-order chi connectivity index (χ0) is 22.3. The molecule has 0 spiro atoms. The predicted molar refractivity (Wildman–Crippen MR) is 129 cm³/mol. The Morgan fingerprint density at radius 2 is 1.97 bits per heavy atom. The van der Waals surface area contributed by atoms with Gasteiger partial charge in [0.15, 0.2) is 5.96 Å². The Hall–Kier alpha value is -3.12. The first-order valence-electron chi connectivity index (χ1n) is 11.3. The van der Waals surface area contributed by atoms with Gasteiger partial charge in [0.25, 0.3) is 0 Å². The maximum atomic E-state index is 6.18. The fourth-order valence-electron chi connectivity index (χ4n) is 4.30. The van der Waals surface area contributed by atoms with Crippen LogP contribution in [0.2, 0.25) is 0 Å². The van der Waals surface area contributed by atoms with Crippen LogP contribution in [0.3, 0.4) is 0 Å². The molecule has 2 atom stereocenters. The van der Waals surface area contributed by atoms with Gasteiger partial charge in [-0.25, -0.2) is 4.68 Å². The van der Waals surface area contributed by atoms with Crippen LogP contribution in [0.5, 0.6) is 0 Å². The van der Waals surface area contributed by atoms with E-state index in [0.29, 0.717) is 5.92 Å². The van der Waals surface area contributed by atoms with Crippen LogP contribution in [0, 0.1) is 12.8 Å². The van der Waals surface area contributed by atoms with Crippen LogP contribution in [-0.4, -0.2) is 47.9 Å². The summed E-state index contributed by atoms with van der Waals surface area (Å²) in [6, 6.07) is 18.9. The molecule has 2 unspecified atom stereocenters. The van der Waals surface area contributed by atoms with Gasteiger partial charge in [-0.3, -0.25) is 4.99 Å². The van der Waals surface area contributed by atoms with E-state index >= 15 is 0 Å². The highest BCUT2D eigenvalue weighted by molar-refractivity contribution is 5.79. The molecular formula is C26H33N5O. The molecule has 0 amide bonds. The van der Waals surface area contributed by atoms with E-state index in [-0.39, 0.29) is 6.10 Å². The maximum absolute atomic E-state index is 6.18. The van der Waals surface area contributed by atoms with Crippen molar-refractivity contribution >= 4 is 5.96 Å². The van der Waals surface area contributed by atoms with Gasteiger partial charge in [0.05, 0.1) is 18.0 Å². The molecule has 0 radical (unpaired) electrons. The second kappa shape index (κ2) is 10.5. The molecule has 1 aliphatic rings. The van der Waals surface area contributed by atoms with Crippen molar-refractivity contribution in [3.05, 3.63) is 83.7 Å². The van der Waals surface area contributed by atoms with Crippen molar-refractivity contribution in [2.24, 2.45) is 10.9 Å². The van der Waals surface area contributed by atoms with Gasteiger partial charge in [-0.1, -0.05) is 48.0 Å². The van der Waals surface area contributed by atoms with Crippen LogP contribution in [0.15, 0.2) is 72.0 Å². The zero-order valence-electron chi connectivity index (χ0n) is 19.2. The first-order chi connectivity index (χ1) is 15.6. The van der Waals surface area contributed by atoms with Crippen molar-refractivity contribution in [2.45, 2.75) is 32.4 Å². The zero-order valence-corrected chi connectivity index (χ0v) is 19.2. The Labute approximate surface area is 190 Å². The standard InChI is InChI=1S/C26H33N5O/c1-20-11-13-22(14-12-20)25-23(8-7-15-32-25)17-28-26(27-2)30(3)18-21-16-29-31(19-21)24-9-5-4-6-10-24/h4-6,9-14,16,19,23,25H,7-8,15,17-18H2,1-3H3,(H,27,28). The first-order valence-corrected chi connectivity index (χ1v) is 11.3. The smallest absolute Gasteiger partial charge is 0.193 e. The lowest BCUT2D eigenvalue weighted by molar-refractivity contribution is -0.0266. The molecule has 3 aromatic rings. The monoisotopic (exact) mass is 431 g/mol. The number of nitrogens with zero attached hydrogens (tertiary/aromatic N) is 4. The van der Waals surface area contributed by atoms with Gasteiger partial charge in [0, 0.05) is 51.5 Å². The van der Waals surface area contributed by atoms with Gasteiger partial charge < -0.3 is 15.0 Å². The number of aromatic nitrogens is 2. The van der Waals surface area contributed by atoms with E-state index in [1.54, 1.807) is 0 Å². The minimum Gasteiger partial charge on any atom is -0.373 e. The molecule has 6 heteroatoms. The molecule has 0 bridgehead atoms. The SMILES string of the molecule is CN=C(NCC1CCCOC1c1ccc(C)cc1)N(C)Cc1cnn(-c2ccccc2)c1. The third-order valence-corrected chi connectivity index (χ3v) is 6.02.